The van der Waals surface area contributed by atoms with Crippen molar-refractivity contribution >= 4 is 38.4 Å². The molecule has 5 aromatic rings. The normalized spacial score (nSPS) is 22.4. The van der Waals surface area contributed by atoms with Crippen molar-refractivity contribution in [2.75, 3.05) is 11.9 Å². The van der Waals surface area contributed by atoms with Gasteiger partial charge < -0.3 is 19.2 Å². The van der Waals surface area contributed by atoms with Crippen LogP contribution in [0.2, 0.25) is 0 Å². The lowest BCUT2D eigenvalue weighted by Crippen LogP contribution is -2.36. The van der Waals surface area contributed by atoms with E-state index in [4.69, 9.17) is 4.74 Å². The van der Waals surface area contributed by atoms with E-state index in [-0.39, 0.29) is 12.1 Å². The summed E-state index contributed by atoms with van der Waals surface area (Å²) in [5.41, 5.74) is 7.84. The number of ether oxygens (including phenoxy) is 1. The third-order valence-corrected chi connectivity index (χ3v) is 7.99. The third kappa shape index (κ3) is 2.61. The average Bonchev–Trinajstić information content (AvgIpc) is 3.38. The maximum Gasteiger partial charge on any atom is 0.0903 e. The van der Waals surface area contributed by atoms with Crippen LogP contribution < -0.4 is 5.32 Å². The van der Waals surface area contributed by atoms with Crippen molar-refractivity contribution in [2.45, 2.75) is 38.5 Å². The van der Waals surface area contributed by atoms with Crippen LogP contribution in [-0.2, 0) is 18.3 Å². The fourth-order valence-corrected chi connectivity index (χ4v) is 6.55. The topological polar surface area (TPSA) is 31.1 Å². The number of anilines is 1. The number of hydrogen-bond acceptors (Lipinski definition) is 2. The maximum absolute atomic E-state index is 6.62. The summed E-state index contributed by atoms with van der Waals surface area (Å²) < 4.78 is 11.4. The molecule has 3 aromatic carbocycles. The number of aromatic nitrogens is 2. The van der Waals surface area contributed by atoms with Gasteiger partial charge in [-0.25, -0.2) is 0 Å². The van der Waals surface area contributed by atoms with Crippen LogP contribution in [0.5, 0.6) is 0 Å². The number of para-hydroxylation sites is 2. The number of aryl methyl sites for hydroxylation is 2. The van der Waals surface area contributed by atoms with Gasteiger partial charge in [0, 0.05) is 70.4 Å². The molecule has 1 fully saturated rings. The highest BCUT2D eigenvalue weighted by Gasteiger charge is 2.42. The second-order valence-electron chi connectivity index (χ2n) is 9.59. The van der Waals surface area contributed by atoms with Crippen molar-refractivity contribution in [2.24, 2.45) is 13.0 Å². The molecule has 0 saturated carbocycles. The zero-order valence-electron chi connectivity index (χ0n) is 19.2. The summed E-state index contributed by atoms with van der Waals surface area (Å²) in [6.07, 6.45) is 2.40. The lowest BCUT2D eigenvalue weighted by molar-refractivity contribution is -0.0378. The molecule has 0 bridgehead atoms. The molecule has 0 radical (unpaired) electrons. The Balaban J connectivity index is 1.48. The minimum Gasteiger partial charge on any atom is -0.376 e. The molecule has 4 heterocycles. The Kier molecular flexibility index (Phi) is 4.16. The molecular formula is C29H29N3O. The second kappa shape index (κ2) is 7.13. The molecule has 2 aromatic heterocycles. The molecule has 0 amide bonds. The Bertz CT molecular complexity index is 1520. The Labute approximate surface area is 193 Å². The van der Waals surface area contributed by atoms with Crippen LogP contribution in [-0.4, -0.2) is 15.7 Å². The van der Waals surface area contributed by atoms with Gasteiger partial charge in [0.1, 0.15) is 0 Å². The van der Waals surface area contributed by atoms with Crippen molar-refractivity contribution in [3.8, 4) is 0 Å². The highest BCUT2D eigenvalue weighted by molar-refractivity contribution is 6.11. The minimum absolute atomic E-state index is 0.109. The summed E-state index contributed by atoms with van der Waals surface area (Å²) in [5, 5.41) is 7.99. The molecule has 2 aliphatic heterocycles. The second-order valence-corrected chi connectivity index (χ2v) is 9.59. The molecule has 0 aliphatic carbocycles. The monoisotopic (exact) mass is 435 g/mol. The third-order valence-electron chi connectivity index (χ3n) is 7.99. The number of nitrogens with one attached hydrogen (secondary N) is 1. The first-order valence-electron chi connectivity index (χ1n) is 12.2. The molecule has 4 nitrogen and oxygen atoms in total. The van der Waals surface area contributed by atoms with Gasteiger partial charge in [-0.3, -0.25) is 0 Å². The summed E-state index contributed by atoms with van der Waals surface area (Å²) in [5.74, 6) is 0.406. The van der Waals surface area contributed by atoms with Crippen molar-refractivity contribution in [1.82, 2.24) is 9.13 Å². The van der Waals surface area contributed by atoms with Gasteiger partial charge in [0.25, 0.3) is 0 Å². The summed E-state index contributed by atoms with van der Waals surface area (Å²) in [4.78, 5) is 0. The standard InChI is InChI=1S/C29H29N3O/c1-3-32-23-13-7-5-10-19(23)26-24(32)15-14-21-27(26)29-20(11-8-16-33-29)28(30-21)25-17-18-9-4-6-12-22(18)31(25)2/h4-7,9-10,12-15,17,20,28-30H,3,8,11,16H2,1-2H3/t20-,28-,29-/m1/s1. The van der Waals surface area contributed by atoms with E-state index in [2.05, 4.69) is 95.2 Å². The number of nitrogens with zero attached hydrogens (tertiary/aromatic N) is 2. The minimum atomic E-state index is 0.109. The van der Waals surface area contributed by atoms with Gasteiger partial charge in [0.15, 0.2) is 0 Å². The average molecular weight is 436 g/mol. The van der Waals surface area contributed by atoms with Crippen molar-refractivity contribution in [3.63, 3.8) is 0 Å². The van der Waals surface area contributed by atoms with Gasteiger partial charge in [0.2, 0.25) is 0 Å². The van der Waals surface area contributed by atoms with Crippen LogP contribution in [0, 0.1) is 5.92 Å². The molecule has 0 unspecified atom stereocenters. The lowest BCUT2D eigenvalue weighted by atomic mass is 9.77. The fourth-order valence-electron chi connectivity index (χ4n) is 6.55. The van der Waals surface area contributed by atoms with Gasteiger partial charge >= 0.3 is 0 Å². The first-order chi connectivity index (χ1) is 16.3. The van der Waals surface area contributed by atoms with Crippen LogP contribution in [0.1, 0.15) is 43.2 Å². The van der Waals surface area contributed by atoms with Gasteiger partial charge in [0.05, 0.1) is 12.1 Å². The van der Waals surface area contributed by atoms with E-state index in [0.29, 0.717) is 5.92 Å². The summed E-state index contributed by atoms with van der Waals surface area (Å²) >= 11 is 0. The highest BCUT2D eigenvalue weighted by atomic mass is 16.5. The zero-order valence-corrected chi connectivity index (χ0v) is 19.2. The highest BCUT2D eigenvalue weighted by Crippen LogP contribution is 2.52. The van der Waals surface area contributed by atoms with E-state index >= 15 is 0 Å². The van der Waals surface area contributed by atoms with E-state index in [1.54, 1.807) is 0 Å². The molecule has 4 heteroatoms. The molecule has 0 spiro atoms. The largest absolute Gasteiger partial charge is 0.376 e. The summed E-state index contributed by atoms with van der Waals surface area (Å²) in [6.45, 7) is 4.04. The Morgan fingerprint density at radius 3 is 2.64 bits per heavy atom. The quantitative estimate of drug-likeness (QED) is 0.326. The molecule has 3 atom stereocenters. The predicted octanol–water partition coefficient (Wildman–Crippen LogP) is 6.94. The van der Waals surface area contributed by atoms with Crippen LogP contribution in [0.15, 0.2) is 66.7 Å². The van der Waals surface area contributed by atoms with E-state index in [1.807, 2.05) is 0 Å². The molecule has 1 N–H and O–H groups in total. The molecule has 7 rings (SSSR count). The smallest absolute Gasteiger partial charge is 0.0903 e. The Morgan fingerprint density at radius 1 is 0.970 bits per heavy atom. The first-order valence-corrected chi connectivity index (χ1v) is 12.2. The van der Waals surface area contributed by atoms with E-state index < -0.39 is 0 Å². The predicted molar refractivity (Wildman–Crippen MR) is 136 cm³/mol. The van der Waals surface area contributed by atoms with Crippen LogP contribution >= 0.6 is 0 Å². The van der Waals surface area contributed by atoms with Gasteiger partial charge in [-0.15, -0.1) is 0 Å². The van der Waals surface area contributed by atoms with E-state index in [9.17, 15) is 0 Å². The Morgan fingerprint density at radius 2 is 1.79 bits per heavy atom. The fraction of sp³-hybridized carbons (Fsp3) is 0.310. The molecule has 1 saturated heterocycles. The lowest BCUT2D eigenvalue weighted by Gasteiger charge is -2.43. The number of rotatable bonds is 2. The van der Waals surface area contributed by atoms with Crippen LogP contribution in [0.3, 0.4) is 0 Å². The number of hydrogen-bond donors (Lipinski definition) is 1. The van der Waals surface area contributed by atoms with Crippen molar-refractivity contribution in [3.05, 3.63) is 78.0 Å². The van der Waals surface area contributed by atoms with E-state index in [1.165, 1.54) is 56.1 Å². The van der Waals surface area contributed by atoms with Gasteiger partial charge in [-0.2, -0.15) is 0 Å². The SMILES string of the molecule is CCn1c2ccccc2c2c3c(ccc21)N[C@@H](c1cc2ccccc2n1C)[C@H]1CCCO[C@@H]31. The number of benzene rings is 3. The number of fused-ring (bicyclic) bond motifs is 8. The van der Waals surface area contributed by atoms with Crippen molar-refractivity contribution < 1.29 is 4.74 Å². The first kappa shape index (κ1) is 19.2. The molecule has 33 heavy (non-hydrogen) atoms. The zero-order chi connectivity index (χ0) is 22.1. The van der Waals surface area contributed by atoms with Gasteiger partial charge in [-0.1, -0.05) is 36.4 Å². The maximum atomic E-state index is 6.62. The summed E-state index contributed by atoms with van der Waals surface area (Å²) in [7, 11) is 2.20. The van der Waals surface area contributed by atoms with Crippen LogP contribution in [0.25, 0.3) is 32.7 Å². The van der Waals surface area contributed by atoms with Crippen LogP contribution in [0.4, 0.5) is 5.69 Å². The summed E-state index contributed by atoms with van der Waals surface area (Å²) in [6, 6.07) is 24.7. The van der Waals surface area contributed by atoms with Gasteiger partial charge in [-0.05, 0) is 55.5 Å². The molecular weight excluding hydrogens is 406 g/mol. The van der Waals surface area contributed by atoms with E-state index in [0.717, 1.165) is 19.6 Å². The molecule has 166 valence electrons. The molecule has 2 aliphatic rings. The Hall–Kier alpha value is -3.24. The van der Waals surface area contributed by atoms with Crippen molar-refractivity contribution in [1.29, 1.82) is 0 Å².